The largest absolute Gasteiger partial charge is 0.264 e. The maximum atomic E-state index is 5.16. The lowest BCUT2D eigenvalue weighted by molar-refractivity contribution is 1.07. The van der Waals surface area contributed by atoms with Crippen molar-refractivity contribution in [3.05, 3.63) is 163 Å². The zero-order valence-electron chi connectivity index (χ0n) is 25.4. The van der Waals surface area contributed by atoms with Crippen LogP contribution in [0.1, 0.15) is 11.1 Å². The van der Waals surface area contributed by atoms with Gasteiger partial charge in [0.05, 0.1) is 11.2 Å². The lowest BCUT2D eigenvalue weighted by Crippen LogP contribution is -2.00. The Labute approximate surface area is 272 Å². The normalized spacial score (nSPS) is 11.7. The molecule has 3 heterocycles. The van der Waals surface area contributed by atoms with E-state index in [1.807, 2.05) is 54.9 Å². The van der Waals surface area contributed by atoms with E-state index in [0.717, 1.165) is 50.8 Å². The molecule has 0 saturated heterocycles. The van der Waals surface area contributed by atoms with Crippen molar-refractivity contribution in [1.82, 2.24) is 24.9 Å². The maximum Gasteiger partial charge on any atom is 0.164 e. The lowest BCUT2D eigenvalue weighted by atomic mass is 9.97. The average Bonchev–Trinajstić information content (AvgIpc) is 3.55. The molecule has 0 fully saturated rings. The molecule has 0 unspecified atom stereocenters. The third-order valence-corrected chi connectivity index (χ3v) is 8.88. The van der Waals surface area contributed by atoms with Crippen LogP contribution in [0.3, 0.4) is 0 Å². The molecule has 3 aromatic heterocycles. The van der Waals surface area contributed by atoms with Gasteiger partial charge in [0, 0.05) is 46.5 Å². The fourth-order valence-electron chi connectivity index (χ4n) is 6.54. The summed E-state index contributed by atoms with van der Waals surface area (Å²) in [5.41, 5.74) is 13.2. The number of fused-ring (bicyclic) bond motifs is 5. The fourth-order valence-corrected chi connectivity index (χ4v) is 6.54. The van der Waals surface area contributed by atoms with E-state index in [1.165, 1.54) is 27.8 Å². The molecule has 5 heteroatoms. The molecular weight excluding hydrogens is 574 g/mol. The number of nitrogens with zero attached hydrogens (tertiary/aromatic N) is 5. The van der Waals surface area contributed by atoms with Gasteiger partial charge in [0.25, 0.3) is 0 Å². The second kappa shape index (κ2) is 11.2. The van der Waals surface area contributed by atoms with Crippen LogP contribution in [0.15, 0.2) is 152 Å². The van der Waals surface area contributed by atoms with Gasteiger partial charge in [-0.1, -0.05) is 133 Å². The Kier molecular flexibility index (Phi) is 6.46. The summed E-state index contributed by atoms with van der Waals surface area (Å²) in [5, 5.41) is 1.09. The molecule has 5 aromatic carbocycles. The van der Waals surface area contributed by atoms with E-state index in [4.69, 9.17) is 19.9 Å². The Morgan fingerprint density at radius 3 is 1.60 bits per heavy atom. The molecule has 0 amide bonds. The molecule has 0 atom stereocenters. The third-order valence-electron chi connectivity index (χ3n) is 8.88. The molecule has 9 rings (SSSR count). The second-order valence-electron chi connectivity index (χ2n) is 11.7. The minimum Gasteiger partial charge on any atom is -0.264 e. The van der Waals surface area contributed by atoms with E-state index in [1.54, 1.807) is 0 Å². The molecule has 0 aliphatic heterocycles. The summed E-state index contributed by atoms with van der Waals surface area (Å²) < 4.78 is 0. The van der Waals surface area contributed by atoms with Crippen molar-refractivity contribution in [3.8, 4) is 67.7 Å². The van der Waals surface area contributed by atoms with Crippen LogP contribution >= 0.6 is 0 Å². The molecule has 0 N–H and O–H groups in total. The van der Waals surface area contributed by atoms with Gasteiger partial charge in [-0.05, 0) is 39.4 Å². The first-order valence-electron chi connectivity index (χ1n) is 15.7. The van der Waals surface area contributed by atoms with Crippen molar-refractivity contribution in [1.29, 1.82) is 0 Å². The summed E-state index contributed by atoms with van der Waals surface area (Å²) >= 11 is 0. The number of hydrogen-bond donors (Lipinski definition) is 0. The van der Waals surface area contributed by atoms with Crippen LogP contribution in [0.5, 0.6) is 0 Å². The Balaban J connectivity index is 1.13. The van der Waals surface area contributed by atoms with Gasteiger partial charge in [-0.25, -0.2) is 19.9 Å². The summed E-state index contributed by atoms with van der Waals surface area (Å²) in [4.78, 5) is 24.4. The van der Waals surface area contributed by atoms with Gasteiger partial charge in [0.2, 0.25) is 0 Å². The third kappa shape index (κ3) is 4.86. The predicted molar refractivity (Wildman–Crippen MR) is 188 cm³/mol. The van der Waals surface area contributed by atoms with Crippen LogP contribution < -0.4 is 0 Å². The first-order chi connectivity index (χ1) is 23.3. The highest BCUT2D eigenvalue weighted by molar-refractivity contribution is 6.01. The van der Waals surface area contributed by atoms with Gasteiger partial charge in [0.15, 0.2) is 17.5 Å². The monoisotopic (exact) mass is 601 g/mol. The standard InChI is InChI=1S/C42H27N5/c1-3-9-27(10-4-1)28-15-19-31(20-16-28)41-45-40(30-11-5-2-6-12-30)46-42(47-41)32-21-17-29(18-22-32)39-35-25-33-13-7-8-14-34(33)38(35)36-26-43-24-23-37(36)44-39/h1-24,26H,25H2. The highest BCUT2D eigenvalue weighted by Gasteiger charge is 2.25. The molecule has 1 aliphatic carbocycles. The fraction of sp³-hybridized carbons (Fsp3) is 0.0238. The molecule has 0 spiro atoms. The smallest absolute Gasteiger partial charge is 0.164 e. The van der Waals surface area contributed by atoms with Gasteiger partial charge >= 0.3 is 0 Å². The Bertz CT molecular complexity index is 2400. The van der Waals surface area contributed by atoms with E-state index in [2.05, 4.69) is 102 Å². The molecule has 8 aromatic rings. The van der Waals surface area contributed by atoms with Crippen LogP contribution in [0.4, 0.5) is 0 Å². The van der Waals surface area contributed by atoms with Crippen molar-refractivity contribution >= 4 is 10.9 Å². The minimum absolute atomic E-state index is 0.628. The van der Waals surface area contributed by atoms with E-state index in [0.29, 0.717) is 17.5 Å². The first-order valence-corrected chi connectivity index (χ1v) is 15.7. The number of aromatic nitrogens is 5. The summed E-state index contributed by atoms with van der Waals surface area (Å²) in [6.45, 7) is 0. The Morgan fingerprint density at radius 1 is 0.426 bits per heavy atom. The molecule has 1 aliphatic rings. The summed E-state index contributed by atoms with van der Waals surface area (Å²) in [6.07, 6.45) is 4.60. The molecule has 47 heavy (non-hydrogen) atoms. The van der Waals surface area contributed by atoms with Crippen molar-refractivity contribution in [2.75, 3.05) is 0 Å². The molecule has 5 nitrogen and oxygen atoms in total. The van der Waals surface area contributed by atoms with Crippen LogP contribution in [0, 0.1) is 0 Å². The van der Waals surface area contributed by atoms with Gasteiger partial charge < -0.3 is 0 Å². The van der Waals surface area contributed by atoms with E-state index < -0.39 is 0 Å². The van der Waals surface area contributed by atoms with E-state index >= 15 is 0 Å². The second-order valence-corrected chi connectivity index (χ2v) is 11.7. The molecule has 220 valence electrons. The SMILES string of the molecule is c1ccc(-c2ccc(-c3nc(-c4ccccc4)nc(-c4ccc(-c5nc6ccncc6c6c5Cc5ccccc5-6)cc4)n3)cc2)cc1. The number of hydrogen-bond acceptors (Lipinski definition) is 5. The topological polar surface area (TPSA) is 64.5 Å². The zero-order chi connectivity index (χ0) is 31.2. The highest BCUT2D eigenvalue weighted by atomic mass is 15.0. The van der Waals surface area contributed by atoms with Crippen LogP contribution in [0.2, 0.25) is 0 Å². The zero-order valence-corrected chi connectivity index (χ0v) is 25.4. The predicted octanol–water partition coefficient (Wildman–Crippen LogP) is 9.72. The van der Waals surface area contributed by atoms with Crippen LogP contribution in [-0.4, -0.2) is 24.9 Å². The van der Waals surface area contributed by atoms with Crippen LogP contribution in [-0.2, 0) is 6.42 Å². The van der Waals surface area contributed by atoms with Gasteiger partial charge in [-0.2, -0.15) is 0 Å². The van der Waals surface area contributed by atoms with E-state index in [9.17, 15) is 0 Å². The van der Waals surface area contributed by atoms with Gasteiger partial charge in [-0.3, -0.25) is 4.98 Å². The number of pyridine rings is 2. The molecule has 0 saturated carbocycles. The van der Waals surface area contributed by atoms with E-state index in [-0.39, 0.29) is 0 Å². The Morgan fingerprint density at radius 2 is 0.936 bits per heavy atom. The molecular formula is C42H27N5. The van der Waals surface area contributed by atoms with Gasteiger partial charge in [-0.15, -0.1) is 0 Å². The summed E-state index contributed by atoms with van der Waals surface area (Å²) in [6, 6.07) is 47.9. The van der Waals surface area contributed by atoms with Crippen LogP contribution in [0.25, 0.3) is 78.6 Å². The van der Waals surface area contributed by atoms with Crippen molar-refractivity contribution in [2.24, 2.45) is 0 Å². The maximum absolute atomic E-state index is 5.16. The number of rotatable bonds is 5. The highest BCUT2D eigenvalue weighted by Crippen LogP contribution is 2.44. The number of benzene rings is 5. The van der Waals surface area contributed by atoms with Crippen molar-refractivity contribution in [3.63, 3.8) is 0 Å². The molecule has 0 radical (unpaired) electrons. The van der Waals surface area contributed by atoms with Crippen molar-refractivity contribution < 1.29 is 0 Å². The summed E-state index contributed by atoms with van der Waals surface area (Å²) in [7, 11) is 0. The first kappa shape index (κ1) is 27.0. The van der Waals surface area contributed by atoms with Crippen molar-refractivity contribution in [2.45, 2.75) is 6.42 Å². The van der Waals surface area contributed by atoms with Gasteiger partial charge in [0.1, 0.15) is 0 Å². The molecule has 0 bridgehead atoms. The quantitative estimate of drug-likeness (QED) is 0.197. The summed E-state index contributed by atoms with van der Waals surface area (Å²) in [5.74, 6) is 1.91. The lowest BCUT2D eigenvalue weighted by Gasteiger charge is -2.13. The average molecular weight is 602 g/mol. The minimum atomic E-state index is 0.628. The Hall–Kier alpha value is -6.33.